The molecule has 1 atom stereocenters. The lowest BCUT2D eigenvalue weighted by Crippen LogP contribution is -2.43. The van der Waals surface area contributed by atoms with Crippen molar-refractivity contribution in [3.05, 3.63) is 94.5 Å². The van der Waals surface area contributed by atoms with Crippen molar-refractivity contribution < 1.29 is 9.18 Å². The third kappa shape index (κ3) is 3.29. The van der Waals surface area contributed by atoms with Gasteiger partial charge in [0.05, 0.1) is 6.04 Å². The monoisotopic (exact) mass is 420 g/mol. The van der Waals surface area contributed by atoms with Crippen LogP contribution in [0.4, 0.5) is 14.9 Å². The zero-order valence-corrected chi connectivity index (χ0v) is 16.7. The number of aromatic amines is 1. The van der Waals surface area contributed by atoms with Crippen LogP contribution >= 0.6 is 11.6 Å². The molecule has 0 radical (unpaired) electrons. The van der Waals surface area contributed by atoms with Crippen LogP contribution in [0.5, 0.6) is 0 Å². The Morgan fingerprint density at radius 1 is 1.17 bits per heavy atom. The van der Waals surface area contributed by atoms with Gasteiger partial charge in [-0.1, -0.05) is 29.8 Å². The van der Waals surface area contributed by atoms with Crippen molar-refractivity contribution in [2.24, 2.45) is 0 Å². The zero-order valence-electron chi connectivity index (χ0n) is 15.9. The molecule has 0 spiro atoms. The quantitative estimate of drug-likeness (QED) is 0.447. The maximum absolute atomic E-state index is 14.1. The number of nitrogens with zero attached hydrogens (tertiary/aromatic N) is 2. The number of hydrogen-bond acceptors (Lipinski definition) is 2. The van der Waals surface area contributed by atoms with Crippen LogP contribution in [-0.2, 0) is 6.42 Å². The summed E-state index contributed by atoms with van der Waals surface area (Å²) in [6.07, 6.45) is 2.40. The predicted molar refractivity (Wildman–Crippen MR) is 115 cm³/mol. The number of benzene rings is 2. The molecule has 5 rings (SSSR count). The average Bonchev–Trinajstić information content (AvgIpc) is 3.11. The van der Waals surface area contributed by atoms with E-state index in [1.807, 2.05) is 18.2 Å². The molecule has 0 bridgehead atoms. The van der Waals surface area contributed by atoms with E-state index in [1.54, 1.807) is 41.4 Å². The molecule has 2 N–H and O–H groups in total. The highest BCUT2D eigenvalue weighted by molar-refractivity contribution is 6.30. The normalized spacial score (nSPS) is 15.8. The summed E-state index contributed by atoms with van der Waals surface area (Å²) in [5.41, 5.74) is 4.04. The number of carbonyl (C=O) groups is 1. The van der Waals surface area contributed by atoms with Gasteiger partial charge in [0.25, 0.3) is 0 Å². The second-order valence-corrected chi connectivity index (χ2v) is 7.69. The fourth-order valence-corrected chi connectivity index (χ4v) is 4.31. The number of nitrogens with one attached hydrogen (secondary N) is 2. The number of aromatic nitrogens is 2. The SMILES string of the molecule is O=C(Nc1cccc(Cl)c1)N1CCc2c([nH]c3ncccc23)C1c1cccc(F)c1. The summed E-state index contributed by atoms with van der Waals surface area (Å²) in [5, 5.41) is 4.48. The maximum atomic E-state index is 14.1. The minimum absolute atomic E-state index is 0.274. The number of hydrogen-bond donors (Lipinski definition) is 2. The Morgan fingerprint density at radius 3 is 2.87 bits per heavy atom. The highest BCUT2D eigenvalue weighted by atomic mass is 35.5. The Hall–Kier alpha value is -3.38. The summed E-state index contributed by atoms with van der Waals surface area (Å²) in [7, 11) is 0. The van der Waals surface area contributed by atoms with E-state index in [4.69, 9.17) is 11.6 Å². The van der Waals surface area contributed by atoms with E-state index in [9.17, 15) is 9.18 Å². The molecule has 0 saturated heterocycles. The molecule has 3 heterocycles. The third-order valence-electron chi connectivity index (χ3n) is 5.40. The first-order chi connectivity index (χ1) is 14.6. The number of fused-ring (bicyclic) bond motifs is 3. The van der Waals surface area contributed by atoms with E-state index in [0.29, 0.717) is 29.2 Å². The number of anilines is 1. The second kappa shape index (κ2) is 7.46. The van der Waals surface area contributed by atoms with Crippen LogP contribution in [-0.4, -0.2) is 27.4 Å². The van der Waals surface area contributed by atoms with Crippen molar-refractivity contribution in [3.63, 3.8) is 0 Å². The highest BCUT2D eigenvalue weighted by Gasteiger charge is 2.35. The number of urea groups is 1. The molecule has 150 valence electrons. The Balaban J connectivity index is 1.59. The molecule has 1 unspecified atom stereocenters. The van der Waals surface area contributed by atoms with Gasteiger partial charge in [-0.25, -0.2) is 14.2 Å². The van der Waals surface area contributed by atoms with Gasteiger partial charge >= 0.3 is 6.03 Å². The summed E-state index contributed by atoms with van der Waals surface area (Å²) in [6.45, 7) is 0.489. The van der Waals surface area contributed by atoms with Gasteiger partial charge in [-0.15, -0.1) is 0 Å². The maximum Gasteiger partial charge on any atom is 0.322 e. The fraction of sp³-hybridized carbons (Fsp3) is 0.130. The van der Waals surface area contributed by atoms with Crippen LogP contribution in [0.1, 0.15) is 22.9 Å². The summed E-state index contributed by atoms with van der Waals surface area (Å²) in [6, 6.07) is 16.5. The summed E-state index contributed by atoms with van der Waals surface area (Å²) in [4.78, 5) is 22.7. The van der Waals surface area contributed by atoms with E-state index in [-0.39, 0.29) is 11.8 Å². The zero-order chi connectivity index (χ0) is 20.7. The highest BCUT2D eigenvalue weighted by Crippen LogP contribution is 2.38. The Labute approximate surface area is 177 Å². The molecule has 1 aliphatic rings. The van der Waals surface area contributed by atoms with Crippen LogP contribution in [0.15, 0.2) is 66.9 Å². The number of carbonyl (C=O) groups excluding carboxylic acids is 1. The summed E-state index contributed by atoms with van der Waals surface area (Å²) < 4.78 is 14.1. The molecule has 0 fully saturated rings. The smallest absolute Gasteiger partial charge is 0.322 e. The Morgan fingerprint density at radius 2 is 2.03 bits per heavy atom. The lowest BCUT2D eigenvalue weighted by atomic mass is 9.93. The van der Waals surface area contributed by atoms with Crippen LogP contribution in [0, 0.1) is 5.82 Å². The fourth-order valence-electron chi connectivity index (χ4n) is 4.12. The molecule has 1 aliphatic heterocycles. The van der Waals surface area contributed by atoms with Crippen molar-refractivity contribution in [2.75, 3.05) is 11.9 Å². The Kier molecular flexibility index (Phi) is 4.64. The van der Waals surface area contributed by atoms with Crippen molar-refractivity contribution >= 4 is 34.4 Å². The van der Waals surface area contributed by atoms with Crippen molar-refractivity contribution in [1.82, 2.24) is 14.9 Å². The molecule has 2 aromatic heterocycles. The van der Waals surface area contributed by atoms with Gasteiger partial charge in [-0.05, 0) is 60.0 Å². The van der Waals surface area contributed by atoms with E-state index in [1.165, 1.54) is 12.1 Å². The minimum atomic E-state index is -0.460. The molecule has 30 heavy (non-hydrogen) atoms. The number of amides is 2. The van der Waals surface area contributed by atoms with Crippen molar-refractivity contribution in [1.29, 1.82) is 0 Å². The molecule has 0 aliphatic carbocycles. The lowest BCUT2D eigenvalue weighted by molar-refractivity contribution is 0.193. The van der Waals surface area contributed by atoms with Gasteiger partial charge < -0.3 is 15.2 Å². The van der Waals surface area contributed by atoms with Crippen molar-refractivity contribution in [3.8, 4) is 0 Å². The number of rotatable bonds is 2. The minimum Gasteiger partial charge on any atom is -0.341 e. The second-order valence-electron chi connectivity index (χ2n) is 7.26. The van der Waals surface area contributed by atoms with Crippen LogP contribution < -0.4 is 5.32 Å². The van der Waals surface area contributed by atoms with E-state index >= 15 is 0 Å². The topological polar surface area (TPSA) is 61.0 Å². The first-order valence-corrected chi connectivity index (χ1v) is 10.0. The molecule has 7 heteroatoms. The number of pyridine rings is 1. The van der Waals surface area contributed by atoms with E-state index in [0.717, 1.165) is 22.3 Å². The van der Waals surface area contributed by atoms with Crippen LogP contribution in [0.2, 0.25) is 5.02 Å². The number of halogens is 2. The van der Waals surface area contributed by atoms with Crippen LogP contribution in [0.3, 0.4) is 0 Å². The third-order valence-corrected chi connectivity index (χ3v) is 5.64. The summed E-state index contributed by atoms with van der Waals surface area (Å²) >= 11 is 6.05. The molecule has 4 aromatic rings. The van der Waals surface area contributed by atoms with Gasteiger partial charge in [-0.3, -0.25) is 0 Å². The molecule has 0 saturated carbocycles. The molecule has 5 nitrogen and oxygen atoms in total. The molecular formula is C23H18ClFN4O. The lowest BCUT2D eigenvalue weighted by Gasteiger charge is -2.36. The largest absolute Gasteiger partial charge is 0.341 e. The van der Waals surface area contributed by atoms with E-state index < -0.39 is 6.04 Å². The number of H-pyrrole nitrogens is 1. The van der Waals surface area contributed by atoms with Gasteiger partial charge in [0.1, 0.15) is 11.5 Å². The first kappa shape index (κ1) is 18.6. The van der Waals surface area contributed by atoms with Gasteiger partial charge in [-0.2, -0.15) is 0 Å². The summed E-state index contributed by atoms with van der Waals surface area (Å²) in [5.74, 6) is -0.343. The van der Waals surface area contributed by atoms with Gasteiger partial charge in [0, 0.05) is 34.5 Å². The van der Waals surface area contributed by atoms with E-state index in [2.05, 4.69) is 15.3 Å². The molecule has 2 amide bonds. The Bertz CT molecular complexity index is 1250. The van der Waals surface area contributed by atoms with Crippen LogP contribution in [0.25, 0.3) is 11.0 Å². The first-order valence-electron chi connectivity index (χ1n) is 9.64. The standard InChI is InChI=1S/C23H18ClFN4O/c24-15-5-2-7-17(13-15)27-23(30)29-11-9-18-19-8-3-10-26-22(19)28-20(18)21(29)14-4-1-6-16(25)12-14/h1-8,10,12-13,21H,9,11H2,(H,26,28)(H,27,30). The van der Waals surface area contributed by atoms with Crippen molar-refractivity contribution in [2.45, 2.75) is 12.5 Å². The van der Waals surface area contributed by atoms with Gasteiger partial charge in [0.2, 0.25) is 0 Å². The predicted octanol–water partition coefficient (Wildman–Crippen LogP) is 5.54. The molecular weight excluding hydrogens is 403 g/mol. The van der Waals surface area contributed by atoms with Gasteiger partial charge in [0.15, 0.2) is 0 Å². The molecule has 2 aromatic carbocycles. The average molecular weight is 421 g/mol.